The van der Waals surface area contributed by atoms with E-state index in [0.717, 1.165) is 0 Å². The van der Waals surface area contributed by atoms with Gasteiger partial charge < -0.3 is 5.32 Å². The van der Waals surface area contributed by atoms with Crippen molar-refractivity contribution in [2.24, 2.45) is 0 Å². The summed E-state index contributed by atoms with van der Waals surface area (Å²) in [5.41, 5.74) is 0.343. The lowest BCUT2D eigenvalue weighted by Gasteiger charge is -2.08. The lowest BCUT2D eigenvalue weighted by molar-refractivity contribution is 0.589. The molecule has 7 heteroatoms. The van der Waals surface area contributed by atoms with Crippen LogP contribution in [0.5, 0.6) is 0 Å². The van der Waals surface area contributed by atoms with Gasteiger partial charge in [0.2, 0.25) is 0 Å². The topological polar surface area (TPSA) is 55.6 Å². The molecule has 1 aliphatic carbocycles. The van der Waals surface area contributed by atoms with E-state index >= 15 is 0 Å². The Morgan fingerprint density at radius 3 is 3.00 bits per heavy atom. The summed E-state index contributed by atoms with van der Waals surface area (Å²) in [7, 11) is 0. The van der Waals surface area contributed by atoms with E-state index in [1.807, 2.05) is 0 Å². The zero-order chi connectivity index (χ0) is 12.5. The van der Waals surface area contributed by atoms with Crippen molar-refractivity contribution < 1.29 is 4.39 Å². The molecule has 0 bridgehead atoms. The SMILES string of the molecule is Fc1cccc(Br)c1-n1nnnc1CNC1CC1. The number of para-hydroxylation sites is 1. The van der Waals surface area contributed by atoms with Gasteiger partial charge in [0.05, 0.1) is 6.54 Å². The zero-order valence-corrected chi connectivity index (χ0v) is 11.1. The van der Waals surface area contributed by atoms with E-state index in [9.17, 15) is 4.39 Å². The lowest BCUT2D eigenvalue weighted by Crippen LogP contribution is -2.19. The number of tetrazole rings is 1. The van der Waals surface area contributed by atoms with Crippen LogP contribution < -0.4 is 5.32 Å². The fourth-order valence-corrected chi connectivity index (χ4v) is 2.21. The number of hydrogen-bond acceptors (Lipinski definition) is 4. The zero-order valence-electron chi connectivity index (χ0n) is 9.48. The number of nitrogens with one attached hydrogen (secondary N) is 1. The summed E-state index contributed by atoms with van der Waals surface area (Å²) in [6.07, 6.45) is 2.37. The average Bonchev–Trinajstić information content (AvgIpc) is 3.06. The van der Waals surface area contributed by atoms with E-state index < -0.39 is 0 Å². The van der Waals surface area contributed by atoms with Crippen molar-refractivity contribution in [1.29, 1.82) is 0 Å². The third-order valence-corrected chi connectivity index (χ3v) is 3.45. The number of benzene rings is 1. The van der Waals surface area contributed by atoms with Gasteiger partial charge in [0.15, 0.2) is 5.82 Å². The summed E-state index contributed by atoms with van der Waals surface area (Å²) in [6.45, 7) is 0.540. The van der Waals surface area contributed by atoms with Gasteiger partial charge in [-0.25, -0.2) is 4.39 Å². The van der Waals surface area contributed by atoms with Crippen molar-refractivity contribution in [2.75, 3.05) is 0 Å². The van der Waals surface area contributed by atoms with Gasteiger partial charge in [-0.15, -0.1) is 5.10 Å². The van der Waals surface area contributed by atoms with Crippen LogP contribution in [0, 0.1) is 5.82 Å². The Labute approximate surface area is 112 Å². The molecule has 5 nitrogen and oxygen atoms in total. The standard InChI is InChI=1S/C11H11BrFN5/c12-8-2-1-3-9(13)11(8)18-10(15-16-17-18)6-14-7-4-5-7/h1-3,7,14H,4-6H2. The summed E-state index contributed by atoms with van der Waals surface area (Å²) in [5, 5.41) is 14.7. The van der Waals surface area contributed by atoms with E-state index in [2.05, 4.69) is 36.8 Å². The predicted molar refractivity (Wildman–Crippen MR) is 66.7 cm³/mol. The Kier molecular flexibility index (Phi) is 3.09. The van der Waals surface area contributed by atoms with Gasteiger partial charge in [-0.3, -0.25) is 0 Å². The number of nitrogens with zero attached hydrogens (tertiary/aromatic N) is 4. The molecule has 1 aromatic carbocycles. The fraction of sp³-hybridized carbons (Fsp3) is 0.364. The molecule has 18 heavy (non-hydrogen) atoms. The predicted octanol–water partition coefficient (Wildman–Crippen LogP) is 1.82. The first-order valence-electron chi connectivity index (χ1n) is 5.71. The van der Waals surface area contributed by atoms with Crippen LogP contribution in [0.1, 0.15) is 18.7 Å². The molecule has 1 heterocycles. The Morgan fingerprint density at radius 2 is 2.28 bits per heavy atom. The van der Waals surface area contributed by atoms with Gasteiger partial charge in [-0.2, -0.15) is 4.68 Å². The first-order valence-corrected chi connectivity index (χ1v) is 6.50. The minimum absolute atomic E-state index is 0.343. The third-order valence-electron chi connectivity index (χ3n) is 2.81. The molecule has 0 aliphatic heterocycles. The molecule has 3 rings (SSSR count). The van der Waals surface area contributed by atoms with Gasteiger partial charge >= 0.3 is 0 Å². The van der Waals surface area contributed by atoms with Crippen molar-refractivity contribution >= 4 is 15.9 Å². The van der Waals surface area contributed by atoms with Crippen LogP contribution in [-0.4, -0.2) is 26.2 Å². The highest BCUT2D eigenvalue weighted by atomic mass is 79.9. The molecule has 94 valence electrons. The minimum atomic E-state index is -0.357. The van der Waals surface area contributed by atoms with Crippen LogP contribution in [0.4, 0.5) is 4.39 Å². The van der Waals surface area contributed by atoms with Crippen molar-refractivity contribution in [3.8, 4) is 5.69 Å². The smallest absolute Gasteiger partial charge is 0.170 e. The van der Waals surface area contributed by atoms with E-state index in [0.29, 0.717) is 28.6 Å². The largest absolute Gasteiger partial charge is 0.307 e. The number of aromatic nitrogens is 4. The molecular formula is C11H11BrFN5. The Morgan fingerprint density at radius 1 is 1.44 bits per heavy atom. The molecule has 0 saturated heterocycles. The maximum Gasteiger partial charge on any atom is 0.170 e. The first-order chi connectivity index (χ1) is 8.75. The summed E-state index contributed by atoms with van der Waals surface area (Å²) in [5.74, 6) is 0.247. The second-order valence-electron chi connectivity index (χ2n) is 4.23. The van der Waals surface area contributed by atoms with Crippen LogP contribution in [0.15, 0.2) is 22.7 Å². The van der Waals surface area contributed by atoms with Crippen LogP contribution in [0.3, 0.4) is 0 Å². The minimum Gasteiger partial charge on any atom is -0.307 e. The molecule has 0 spiro atoms. The highest BCUT2D eigenvalue weighted by Gasteiger charge is 2.22. The molecule has 0 amide bonds. The maximum atomic E-state index is 13.8. The summed E-state index contributed by atoms with van der Waals surface area (Å²) < 4.78 is 15.9. The fourth-order valence-electron chi connectivity index (χ4n) is 1.70. The van der Waals surface area contributed by atoms with Gasteiger partial charge in [0.1, 0.15) is 11.5 Å². The molecule has 0 atom stereocenters. The Hall–Kier alpha value is -1.34. The first kappa shape index (κ1) is 11.7. The normalized spacial score (nSPS) is 15.0. The second-order valence-corrected chi connectivity index (χ2v) is 5.09. The molecule has 0 radical (unpaired) electrons. The van der Waals surface area contributed by atoms with E-state index in [4.69, 9.17) is 0 Å². The quantitative estimate of drug-likeness (QED) is 0.935. The number of rotatable bonds is 4. The number of halogens is 2. The van der Waals surface area contributed by atoms with Crippen LogP contribution in [0.25, 0.3) is 5.69 Å². The molecule has 1 N–H and O–H groups in total. The lowest BCUT2D eigenvalue weighted by atomic mass is 10.3. The summed E-state index contributed by atoms with van der Waals surface area (Å²) >= 11 is 3.32. The van der Waals surface area contributed by atoms with E-state index in [1.165, 1.54) is 23.6 Å². The van der Waals surface area contributed by atoms with Crippen LogP contribution in [-0.2, 0) is 6.54 Å². The maximum absolute atomic E-state index is 13.8. The molecule has 1 aliphatic rings. The number of hydrogen-bond donors (Lipinski definition) is 1. The molecular weight excluding hydrogens is 301 g/mol. The molecule has 1 saturated carbocycles. The van der Waals surface area contributed by atoms with Gasteiger partial charge in [0, 0.05) is 10.5 Å². The van der Waals surface area contributed by atoms with E-state index in [1.54, 1.807) is 12.1 Å². The van der Waals surface area contributed by atoms with Crippen molar-refractivity contribution in [3.63, 3.8) is 0 Å². The van der Waals surface area contributed by atoms with Gasteiger partial charge in [0.25, 0.3) is 0 Å². The highest BCUT2D eigenvalue weighted by molar-refractivity contribution is 9.10. The highest BCUT2D eigenvalue weighted by Crippen LogP contribution is 2.24. The molecule has 2 aromatic rings. The third kappa shape index (κ3) is 2.28. The Bertz CT molecular complexity index is 546. The summed E-state index contributed by atoms with van der Waals surface area (Å²) in [4.78, 5) is 0. The van der Waals surface area contributed by atoms with Crippen molar-refractivity contribution in [3.05, 3.63) is 34.3 Å². The van der Waals surface area contributed by atoms with Gasteiger partial charge in [-0.1, -0.05) is 6.07 Å². The van der Waals surface area contributed by atoms with Crippen LogP contribution >= 0.6 is 15.9 Å². The summed E-state index contributed by atoms with van der Waals surface area (Å²) in [6, 6.07) is 5.34. The molecule has 1 fully saturated rings. The van der Waals surface area contributed by atoms with Crippen molar-refractivity contribution in [1.82, 2.24) is 25.5 Å². The van der Waals surface area contributed by atoms with Crippen molar-refractivity contribution in [2.45, 2.75) is 25.4 Å². The molecule has 1 aromatic heterocycles. The molecule has 0 unspecified atom stereocenters. The van der Waals surface area contributed by atoms with Gasteiger partial charge in [-0.05, 0) is 51.3 Å². The monoisotopic (exact) mass is 311 g/mol. The van der Waals surface area contributed by atoms with Crippen LogP contribution in [0.2, 0.25) is 0 Å². The van der Waals surface area contributed by atoms with E-state index in [-0.39, 0.29) is 5.82 Å². The Balaban J connectivity index is 1.93. The second kappa shape index (κ2) is 4.74. The average molecular weight is 312 g/mol.